The van der Waals surface area contributed by atoms with Gasteiger partial charge in [-0.3, -0.25) is 19.4 Å². The molecule has 0 bridgehead atoms. The lowest BCUT2D eigenvalue weighted by atomic mass is 9.76. The first-order valence-corrected chi connectivity index (χ1v) is 10.7. The van der Waals surface area contributed by atoms with Gasteiger partial charge >= 0.3 is 6.18 Å². The molecule has 2 aliphatic heterocycles. The lowest BCUT2D eigenvalue weighted by molar-refractivity contribution is -0.183. The number of halogens is 5. The molecule has 0 aliphatic carbocycles. The monoisotopic (exact) mass is 529 g/mol. The average molecular weight is 531 g/mol. The molecule has 0 aromatic heterocycles. The summed E-state index contributed by atoms with van der Waals surface area (Å²) in [5.41, 5.74) is 1.01. The number of hydrogen-bond donors (Lipinski definition) is 2. The number of benzene rings is 2. The third kappa shape index (κ3) is 4.26. The molecule has 6 nitrogen and oxygen atoms in total. The summed E-state index contributed by atoms with van der Waals surface area (Å²) in [5, 5.41) is 2.72. The number of nitrogens with zero attached hydrogens (tertiary/aromatic N) is 1. The molecule has 32 heavy (non-hydrogen) atoms. The van der Waals surface area contributed by atoms with Crippen LogP contribution in [0, 0.1) is 0 Å². The smallest absolute Gasteiger partial charge is 0.338 e. The Balaban J connectivity index is 1.55. The van der Waals surface area contributed by atoms with Crippen LogP contribution in [0.3, 0.4) is 0 Å². The van der Waals surface area contributed by atoms with E-state index >= 15 is 0 Å². The number of amides is 2. The summed E-state index contributed by atoms with van der Waals surface area (Å²) in [4.78, 5) is 32.8. The number of aliphatic imine (C=N–C) groups is 1. The van der Waals surface area contributed by atoms with E-state index in [-0.39, 0.29) is 34.9 Å². The number of hydrogen-bond acceptors (Lipinski definition) is 4. The highest BCUT2D eigenvalue weighted by Gasteiger charge is 2.58. The van der Waals surface area contributed by atoms with Gasteiger partial charge < -0.3 is 5.32 Å². The standard InChI is InChI=1S/C21H16BrClF3N3O3/c22-14-5-13(6-15(23)7-14)20(21(24,25)26)8-16(27-10-20)11-1-3-12(4-2-11)18(30)28-17-9-32-29-19(17)31/h1-7,17H,8-10H2,(H,28,30)(H,29,31). The minimum absolute atomic E-state index is 0.0125. The predicted molar refractivity (Wildman–Crippen MR) is 115 cm³/mol. The number of carbonyl (C=O) groups is 2. The molecule has 0 spiro atoms. The van der Waals surface area contributed by atoms with Crippen molar-refractivity contribution in [2.75, 3.05) is 13.2 Å². The van der Waals surface area contributed by atoms with Crippen LogP contribution >= 0.6 is 27.5 Å². The molecule has 2 heterocycles. The second-order valence-corrected chi connectivity index (χ2v) is 8.91. The first kappa shape index (κ1) is 22.8. The molecule has 2 N–H and O–H groups in total. The van der Waals surface area contributed by atoms with E-state index in [0.717, 1.165) is 0 Å². The average Bonchev–Trinajstić information content (AvgIpc) is 3.35. The molecule has 2 aromatic carbocycles. The van der Waals surface area contributed by atoms with Gasteiger partial charge in [0.15, 0.2) is 0 Å². The fraction of sp³-hybridized carbons (Fsp3) is 0.286. The Kier molecular flexibility index (Phi) is 6.04. The van der Waals surface area contributed by atoms with Crippen LogP contribution in [0.2, 0.25) is 5.02 Å². The molecule has 2 aliphatic rings. The van der Waals surface area contributed by atoms with Crippen molar-refractivity contribution in [1.29, 1.82) is 0 Å². The first-order valence-electron chi connectivity index (χ1n) is 9.49. The number of rotatable bonds is 4. The maximum absolute atomic E-state index is 14.2. The Morgan fingerprint density at radius 3 is 2.56 bits per heavy atom. The number of alkyl halides is 3. The van der Waals surface area contributed by atoms with E-state index in [1.165, 1.54) is 30.3 Å². The van der Waals surface area contributed by atoms with Crippen molar-refractivity contribution >= 4 is 45.1 Å². The van der Waals surface area contributed by atoms with Crippen LogP contribution in [-0.2, 0) is 15.0 Å². The topological polar surface area (TPSA) is 79.8 Å². The summed E-state index contributed by atoms with van der Waals surface area (Å²) in [6, 6.07) is 9.48. The molecule has 2 unspecified atom stereocenters. The Hall–Kier alpha value is -2.43. The fourth-order valence-corrected chi connectivity index (χ4v) is 4.56. The van der Waals surface area contributed by atoms with Crippen LogP contribution < -0.4 is 10.8 Å². The predicted octanol–water partition coefficient (Wildman–Crippen LogP) is 3.96. The van der Waals surface area contributed by atoms with Crippen molar-refractivity contribution in [2.45, 2.75) is 24.1 Å². The third-order valence-corrected chi connectivity index (χ3v) is 6.17. The third-order valence-electron chi connectivity index (χ3n) is 5.49. The molecule has 11 heteroatoms. The van der Waals surface area contributed by atoms with Gasteiger partial charge in [-0.25, -0.2) is 5.48 Å². The van der Waals surface area contributed by atoms with Crippen molar-refractivity contribution in [2.24, 2.45) is 4.99 Å². The zero-order valence-corrected chi connectivity index (χ0v) is 18.6. The summed E-state index contributed by atoms with van der Waals surface area (Å²) in [6.45, 7) is -0.448. The van der Waals surface area contributed by atoms with E-state index in [2.05, 4.69) is 31.7 Å². The fourth-order valence-electron chi connectivity index (χ4n) is 3.70. The number of carbonyl (C=O) groups excluding carboxylic acids is 2. The van der Waals surface area contributed by atoms with Crippen LogP contribution in [0.1, 0.15) is 27.9 Å². The van der Waals surface area contributed by atoms with E-state index < -0.39 is 36.0 Å². The van der Waals surface area contributed by atoms with Crippen LogP contribution in [-0.4, -0.2) is 42.9 Å². The van der Waals surface area contributed by atoms with Gasteiger partial charge in [0, 0.05) is 27.2 Å². The summed E-state index contributed by atoms with van der Waals surface area (Å²) >= 11 is 9.21. The van der Waals surface area contributed by atoms with Crippen molar-refractivity contribution in [1.82, 2.24) is 10.8 Å². The van der Waals surface area contributed by atoms with Crippen LogP contribution in [0.5, 0.6) is 0 Å². The van der Waals surface area contributed by atoms with Gasteiger partial charge in [-0.1, -0.05) is 39.7 Å². The quantitative estimate of drug-likeness (QED) is 0.628. The maximum atomic E-state index is 14.2. The van der Waals surface area contributed by atoms with Crippen LogP contribution in [0.15, 0.2) is 51.9 Å². The molecule has 4 rings (SSSR count). The van der Waals surface area contributed by atoms with E-state index in [4.69, 9.17) is 16.4 Å². The van der Waals surface area contributed by atoms with Crippen LogP contribution in [0.25, 0.3) is 0 Å². The highest BCUT2D eigenvalue weighted by Crippen LogP contribution is 2.48. The molecule has 2 amide bonds. The molecular weight excluding hydrogens is 515 g/mol. The second-order valence-electron chi connectivity index (χ2n) is 7.56. The Morgan fingerprint density at radius 1 is 1.25 bits per heavy atom. The normalized spacial score (nSPS) is 23.1. The number of nitrogens with one attached hydrogen (secondary N) is 2. The van der Waals surface area contributed by atoms with Crippen molar-refractivity contribution < 1.29 is 27.6 Å². The highest BCUT2D eigenvalue weighted by molar-refractivity contribution is 9.10. The molecule has 2 aromatic rings. The second kappa shape index (κ2) is 8.49. The molecule has 0 saturated carbocycles. The molecule has 168 valence electrons. The summed E-state index contributed by atoms with van der Waals surface area (Å²) < 4.78 is 43.1. The molecule has 1 saturated heterocycles. The zero-order valence-electron chi connectivity index (χ0n) is 16.3. The summed E-state index contributed by atoms with van der Waals surface area (Å²) in [6.07, 6.45) is -4.90. The van der Waals surface area contributed by atoms with Gasteiger partial charge in [0.2, 0.25) is 0 Å². The van der Waals surface area contributed by atoms with E-state index in [0.29, 0.717) is 10.0 Å². The minimum atomic E-state index is -4.55. The Labute approximate surface area is 194 Å². The highest BCUT2D eigenvalue weighted by atomic mass is 79.9. The van der Waals surface area contributed by atoms with Gasteiger partial charge in [-0.15, -0.1) is 0 Å². The number of hydroxylamine groups is 1. The zero-order chi connectivity index (χ0) is 23.1. The maximum Gasteiger partial charge on any atom is 0.400 e. The molecule has 1 fully saturated rings. The van der Waals surface area contributed by atoms with E-state index in [1.54, 1.807) is 12.1 Å². The van der Waals surface area contributed by atoms with Gasteiger partial charge in [0.25, 0.3) is 11.8 Å². The molecule has 0 radical (unpaired) electrons. The lowest BCUT2D eigenvalue weighted by Crippen LogP contribution is -2.43. The SMILES string of the molecule is O=C(NC1CONC1=O)c1ccc(C2=NCC(c3cc(Cl)cc(Br)c3)(C(F)(F)F)C2)cc1. The van der Waals surface area contributed by atoms with Crippen molar-refractivity contribution in [3.8, 4) is 0 Å². The molecular formula is C21H16BrClF3N3O3. The van der Waals surface area contributed by atoms with Gasteiger partial charge in [0.1, 0.15) is 18.1 Å². The first-order chi connectivity index (χ1) is 15.1. The summed E-state index contributed by atoms with van der Waals surface area (Å²) in [7, 11) is 0. The summed E-state index contributed by atoms with van der Waals surface area (Å²) in [5.74, 6) is -0.949. The van der Waals surface area contributed by atoms with Gasteiger partial charge in [-0.2, -0.15) is 13.2 Å². The Morgan fingerprint density at radius 2 is 1.97 bits per heavy atom. The van der Waals surface area contributed by atoms with Crippen LogP contribution in [0.4, 0.5) is 13.2 Å². The Bertz CT molecular complexity index is 1090. The minimum Gasteiger partial charge on any atom is -0.338 e. The van der Waals surface area contributed by atoms with Gasteiger partial charge in [-0.05, 0) is 41.5 Å². The van der Waals surface area contributed by atoms with Crippen molar-refractivity contribution in [3.05, 3.63) is 68.7 Å². The van der Waals surface area contributed by atoms with Gasteiger partial charge in [0.05, 0.1) is 6.54 Å². The van der Waals surface area contributed by atoms with E-state index in [9.17, 15) is 22.8 Å². The largest absolute Gasteiger partial charge is 0.400 e. The lowest BCUT2D eigenvalue weighted by Gasteiger charge is -2.31. The van der Waals surface area contributed by atoms with Crippen molar-refractivity contribution in [3.63, 3.8) is 0 Å². The molecule has 2 atom stereocenters. The van der Waals surface area contributed by atoms with E-state index in [1.807, 2.05) is 0 Å².